The number of hydrogen-bond acceptors (Lipinski definition) is 8. The minimum atomic E-state index is -0.548. The van der Waals surface area contributed by atoms with Gasteiger partial charge < -0.3 is 40.4 Å². The number of aromatic nitrogens is 4. The van der Waals surface area contributed by atoms with Gasteiger partial charge in [0, 0.05) is 64.6 Å². The van der Waals surface area contributed by atoms with Crippen LogP contribution >= 0.6 is 186 Å². The summed E-state index contributed by atoms with van der Waals surface area (Å²) in [6, 6.07) is 39.0. The van der Waals surface area contributed by atoms with Gasteiger partial charge in [-0.3, -0.25) is 19.2 Å². The van der Waals surface area contributed by atoms with Crippen LogP contribution in [0, 0.1) is 0 Å². The van der Waals surface area contributed by atoms with Crippen LogP contribution in [0.3, 0.4) is 0 Å². The van der Waals surface area contributed by atoms with E-state index < -0.39 is 23.6 Å². The van der Waals surface area contributed by atoms with E-state index in [4.69, 9.17) is 186 Å². The van der Waals surface area contributed by atoms with E-state index >= 15 is 0 Å². The lowest BCUT2D eigenvalue weighted by Crippen LogP contribution is -2.02. The van der Waals surface area contributed by atoms with Gasteiger partial charge in [0.1, 0.15) is 0 Å². The fourth-order valence-corrected chi connectivity index (χ4v) is 15.2. The van der Waals surface area contributed by atoms with E-state index in [9.17, 15) is 39.6 Å². The van der Waals surface area contributed by atoms with Crippen LogP contribution in [-0.2, 0) is 0 Å². The number of aliphatic imine (C=N–C) groups is 4. The van der Waals surface area contributed by atoms with Gasteiger partial charge in [-0.25, -0.2) is 20.0 Å². The number of H-pyrrole nitrogens is 4. The van der Waals surface area contributed by atoms with Crippen molar-refractivity contribution in [2.45, 2.75) is 0 Å². The van der Waals surface area contributed by atoms with Gasteiger partial charge in [0.25, 0.3) is 23.6 Å². The average molecular weight is 1700 g/mol. The smallest absolute Gasteiger partial charge is 0.280 e. The van der Waals surface area contributed by atoms with Crippen molar-refractivity contribution in [2.75, 3.05) is 0 Å². The molecule has 0 radical (unpaired) electrons. The van der Waals surface area contributed by atoms with Gasteiger partial charge in [-0.05, 0) is 121 Å². The molecule has 4 aliphatic rings. The monoisotopic (exact) mass is 1700 g/mol. The van der Waals surface area contributed by atoms with E-state index in [1.54, 1.807) is 146 Å². The molecule has 16 nitrogen and oxygen atoms in total. The first-order chi connectivity index (χ1) is 49.5. The molecule has 0 saturated carbocycles. The highest BCUT2D eigenvalue weighted by Gasteiger charge is 2.40. The van der Waals surface area contributed by atoms with Crippen molar-refractivity contribution in [2.24, 2.45) is 20.0 Å². The summed E-state index contributed by atoms with van der Waals surface area (Å²) in [6.45, 7) is 0. The first-order valence-corrected chi connectivity index (χ1v) is 35.5. The lowest BCUT2D eigenvalue weighted by atomic mass is 10.00. The normalized spacial score (nSPS) is 13.1. The summed E-state index contributed by atoms with van der Waals surface area (Å²) < 4.78 is 0. The number of rotatable bonds is 8. The Labute approximate surface area is 666 Å². The molecule has 32 heteroatoms. The van der Waals surface area contributed by atoms with Gasteiger partial charge in [0.15, 0.2) is 23.5 Å². The maximum absolute atomic E-state index is 12.6. The predicted molar refractivity (Wildman–Crippen MR) is 417 cm³/mol. The molecule has 0 fully saturated rings. The van der Waals surface area contributed by atoms with E-state index in [1.165, 1.54) is 0 Å². The third-order valence-electron chi connectivity index (χ3n) is 16.2. The topological polar surface area (TPSA) is 262 Å². The number of carbonyl (C=O) groups is 4. The second-order valence-corrected chi connectivity index (χ2v) is 29.0. The number of nitrogens with one attached hydrogen (secondary N) is 4. The molecule has 0 aliphatic carbocycles. The minimum Gasteiger partial charge on any atom is -0.494 e. The molecule has 12 aromatic rings. The van der Waals surface area contributed by atoms with Gasteiger partial charge in [-0.1, -0.05) is 210 Å². The first kappa shape index (κ1) is 74.4. The van der Waals surface area contributed by atoms with Crippen LogP contribution in [0.2, 0.25) is 80.4 Å². The summed E-state index contributed by atoms with van der Waals surface area (Å²) in [5.74, 6) is -2.87. The SMILES string of the molecule is O=C1N=C(c2c(Cl)cccc2Cl)c2c(O)[nH]c(-c3c(Cl)cccc3Cl)c21.O=C1N=C(c2cc(Cl)ccc2Cl)c2c(O)[nH]c(-c3cc(Cl)ccc3Cl)c21.O=C1N=C(c2ccc(Cl)c(Cl)c2)c2c(O)[nH]c(-c3ccc(Cl)c(Cl)c3)c21.O=C1N=C(c2ccc(Cl)cc2Cl)c2c(O)[nH]c(-c3ccc(Cl)cc3Cl)c21. The van der Waals surface area contributed by atoms with E-state index in [-0.39, 0.29) is 79.6 Å². The Morgan fingerprint density at radius 3 is 1.07 bits per heavy atom. The van der Waals surface area contributed by atoms with Crippen LogP contribution in [0.4, 0.5) is 0 Å². The van der Waals surface area contributed by atoms with Gasteiger partial charge in [-0.2, -0.15) is 0 Å². The Morgan fingerprint density at radius 2 is 0.567 bits per heavy atom. The third kappa shape index (κ3) is 13.9. The van der Waals surface area contributed by atoms with E-state index in [0.717, 1.165) is 0 Å². The standard InChI is InChI=1S/4C18H8Cl4N2O2/c19-7-1-3-11(21)9(5-7)15-13-14(18(26)23-15)16(24-17(13)25)10-6-8(20)2-4-12(10)22;19-7-1-3-9(11(21)5-7)15-13-14(18(26)23-15)16(24-17(13)25)10-4-2-8(20)6-12(10)22;19-9-3-1-7(5-11(9)21)15-13-14(18(26)23-15)16(24-17(13)25)8-2-4-10(20)12(22)6-8;19-7-3-1-4-8(20)11(7)15-13-14(18(26)23-15)16(24-17(13)25)12-9(21)5-2-6-10(12)22/h4*1-6,23,26H. The molecule has 4 amide bonds. The lowest BCUT2D eigenvalue weighted by molar-refractivity contribution is 0.0998. The van der Waals surface area contributed by atoms with Crippen LogP contribution in [-0.4, -0.2) is 86.8 Å². The molecule has 8 N–H and O–H groups in total. The fourth-order valence-electron chi connectivity index (χ4n) is 11.7. The Bertz CT molecular complexity index is 5850. The second kappa shape index (κ2) is 29.8. The highest BCUT2D eigenvalue weighted by Crippen LogP contribution is 2.48. The van der Waals surface area contributed by atoms with Gasteiger partial charge in [0.05, 0.1) is 150 Å². The van der Waals surface area contributed by atoms with Crippen molar-refractivity contribution in [3.63, 3.8) is 0 Å². The molecule has 0 saturated heterocycles. The molecule has 8 heterocycles. The molecule has 4 aromatic heterocycles. The van der Waals surface area contributed by atoms with Crippen molar-refractivity contribution in [1.29, 1.82) is 0 Å². The van der Waals surface area contributed by atoms with Crippen LogP contribution < -0.4 is 0 Å². The quantitative estimate of drug-likeness (QED) is 0.0724. The van der Waals surface area contributed by atoms with Crippen molar-refractivity contribution >= 4 is 232 Å². The summed E-state index contributed by atoms with van der Waals surface area (Å²) in [6.07, 6.45) is 0. The Morgan fingerprint density at radius 1 is 0.231 bits per heavy atom. The van der Waals surface area contributed by atoms with Gasteiger partial charge >= 0.3 is 0 Å². The highest BCUT2D eigenvalue weighted by molar-refractivity contribution is 6.48. The highest BCUT2D eigenvalue weighted by atomic mass is 35.5. The molecule has 0 bridgehead atoms. The number of halogens is 16. The zero-order valence-corrected chi connectivity index (χ0v) is 63.2. The van der Waals surface area contributed by atoms with Gasteiger partial charge in [-0.15, -0.1) is 0 Å². The number of hydrogen-bond donors (Lipinski definition) is 8. The number of nitrogens with zero attached hydrogens (tertiary/aromatic N) is 4. The van der Waals surface area contributed by atoms with Crippen LogP contribution in [0.25, 0.3) is 45.0 Å². The van der Waals surface area contributed by atoms with Crippen molar-refractivity contribution in [1.82, 2.24) is 19.9 Å². The lowest BCUT2D eigenvalue weighted by Gasteiger charge is -2.06. The van der Waals surface area contributed by atoms with Crippen molar-refractivity contribution in [3.05, 3.63) is 293 Å². The summed E-state index contributed by atoms with van der Waals surface area (Å²) in [4.78, 5) is 77.8. The number of aromatic hydroxyl groups is 4. The molecule has 16 rings (SSSR count). The summed E-state index contributed by atoms with van der Waals surface area (Å²) in [5, 5.41) is 47.7. The summed E-state index contributed by atoms with van der Waals surface area (Å²) in [5.41, 5.74) is 8.30. The van der Waals surface area contributed by atoms with Gasteiger partial charge in [0.2, 0.25) is 0 Å². The minimum absolute atomic E-state index is 0.170. The summed E-state index contributed by atoms with van der Waals surface area (Å²) in [7, 11) is 0. The van der Waals surface area contributed by atoms with Crippen LogP contribution in [0.5, 0.6) is 23.5 Å². The maximum atomic E-state index is 12.6. The van der Waals surface area contributed by atoms with E-state index in [1.807, 2.05) is 0 Å². The number of amides is 4. The molecular formula is C72H32Cl16N8O8. The number of carbonyl (C=O) groups excluding carboxylic acids is 4. The molecular weight excluding hydrogens is 1670 g/mol. The Balaban J connectivity index is 0.000000123. The Kier molecular flexibility index (Phi) is 21.3. The zero-order valence-electron chi connectivity index (χ0n) is 51.1. The third-order valence-corrected chi connectivity index (χ3v) is 21.1. The number of fused-ring (bicyclic) bond motifs is 4. The maximum Gasteiger partial charge on any atom is 0.280 e. The molecule has 520 valence electrons. The number of aromatic amines is 4. The summed E-state index contributed by atoms with van der Waals surface area (Å²) >= 11 is 97.9. The average Bonchev–Trinajstić information content (AvgIpc) is 1.59. The fraction of sp³-hybridized carbons (Fsp3) is 0. The van der Waals surface area contributed by atoms with Crippen molar-refractivity contribution < 1.29 is 39.6 Å². The predicted octanol–water partition coefficient (Wildman–Crippen LogP) is 24.0. The largest absolute Gasteiger partial charge is 0.494 e. The molecule has 0 unspecified atom stereocenters. The zero-order chi connectivity index (χ0) is 74.3. The van der Waals surface area contributed by atoms with Crippen LogP contribution in [0.1, 0.15) is 85.9 Å². The van der Waals surface area contributed by atoms with E-state index in [0.29, 0.717) is 159 Å². The van der Waals surface area contributed by atoms with E-state index in [2.05, 4.69) is 39.9 Å². The number of benzene rings is 8. The second-order valence-electron chi connectivity index (χ2n) is 22.4. The molecule has 0 atom stereocenters. The first-order valence-electron chi connectivity index (χ1n) is 29.4. The molecule has 8 aromatic carbocycles. The van der Waals surface area contributed by atoms with Crippen LogP contribution in [0.15, 0.2) is 166 Å². The molecule has 4 aliphatic heterocycles. The molecule has 104 heavy (non-hydrogen) atoms. The Hall–Kier alpha value is -7.92. The molecule has 0 spiro atoms. The van der Waals surface area contributed by atoms with Crippen molar-refractivity contribution in [3.8, 4) is 68.5 Å².